The molecule has 0 radical (unpaired) electrons. The van der Waals surface area contributed by atoms with Crippen LogP contribution in [0.1, 0.15) is 24.1 Å². The van der Waals surface area contributed by atoms with Crippen LogP contribution in [0.5, 0.6) is 11.5 Å². The van der Waals surface area contributed by atoms with Crippen molar-refractivity contribution in [2.75, 3.05) is 53.6 Å². The zero-order valence-corrected chi connectivity index (χ0v) is 19.1. The summed E-state index contributed by atoms with van der Waals surface area (Å²) < 4.78 is 29.8. The SMILES string of the molecule is CCNC(=NCc1ccc(OC)cc1OC)NCC(c1ccc(F)cc1)N1CCOCC1. The molecule has 1 saturated heterocycles. The highest BCUT2D eigenvalue weighted by molar-refractivity contribution is 5.79. The van der Waals surface area contributed by atoms with Crippen LogP contribution < -0.4 is 20.1 Å². The van der Waals surface area contributed by atoms with Gasteiger partial charge in [-0.3, -0.25) is 4.90 Å². The number of halogens is 1. The maximum absolute atomic E-state index is 13.5. The average molecular weight is 445 g/mol. The molecule has 2 aromatic carbocycles. The number of hydrogen-bond acceptors (Lipinski definition) is 5. The monoisotopic (exact) mass is 444 g/mol. The molecule has 1 aliphatic rings. The largest absolute Gasteiger partial charge is 0.497 e. The zero-order chi connectivity index (χ0) is 22.8. The van der Waals surface area contributed by atoms with Crippen molar-refractivity contribution in [3.8, 4) is 11.5 Å². The summed E-state index contributed by atoms with van der Waals surface area (Å²) in [4.78, 5) is 7.10. The van der Waals surface area contributed by atoms with Crippen molar-refractivity contribution in [2.45, 2.75) is 19.5 Å². The van der Waals surface area contributed by atoms with Crippen LogP contribution in [0, 0.1) is 5.82 Å². The Balaban J connectivity index is 1.73. The fraction of sp³-hybridized carbons (Fsp3) is 0.458. The summed E-state index contributed by atoms with van der Waals surface area (Å²) in [6, 6.07) is 12.5. The Morgan fingerprint density at radius 3 is 2.50 bits per heavy atom. The van der Waals surface area contributed by atoms with E-state index in [2.05, 4.69) is 15.5 Å². The number of methoxy groups -OCH3 is 2. The Morgan fingerprint density at radius 1 is 1.09 bits per heavy atom. The summed E-state index contributed by atoms with van der Waals surface area (Å²) in [7, 11) is 3.27. The van der Waals surface area contributed by atoms with Gasteiger partial charge in [0.15, 0.2) is 5.96 Å². The van der Waals surface area contributed by atoms with Crippen molar-refractivity contribution < 1.29 is 18.6 Å². The summed E-state index contributed by atoms with van der Waals surface area (Å²) in [6.45, 7) is 6.93. The van der Waals surface area contributed by atoms with E-state index in [1.165, 1.54) is 12.1 Å². The lowest BCUT2D eigenvalue weighted by atomic mass is 10.0. The fourth-order valence-corrected chi connectivity index (χ4v) is 3.71. The molecule has 1 atom stereocenters. The molecule has 2 aromatic rings. The van der Waals surface area contributed by atoms with Gasteiger partial charge >= 0.3 is 0 Å². The minimum absolute atomic E-state index is 0.0823. The zero-order valence-electron chi connectivity index (χ0n) is 19.1. The number of guanidine groups is 1. The molecule has 174 valence electrons. The lowest BCUT2D eigenvalue weighted by Crippen LogP contribution is -2.46. The van der Waals surface area contributed by atoms with Crippen molar-refractivity contribution in [3.05, 3.63) is 59.4 Å². The van der Waals surface area contributed by atoms with E-state index in [-0.39, 0.29) is 11.9 Å². The number of hydrogen-bond donors (Lipinski definition) is 2. The van der Waals surface area contributed by atoms with Crippen molar-refractivity contribution in [3.63, 3.8) is 0 Å². The molecule has 32 heavy (non-hydrogen) atoms. The molecular formula is C24H33FN4O3. The van der Waals surface area contributed by atoms with Gasteiger partial charge in [0.1, 0.15) is 17.3 Å². The fourth-order valence-electron chi connectivity index (χ4n) is 3.71. The van der Waals surface area contributed by atoms with Gasteiger partial charge in [0.2, 0.25) is 0 Å². The first-order chi connectivity index (χ1) is 15.6. The van der Waals surface area contributed by atoms with E-state index in [1.54, 1.807) is 14.2 Å². The number of ether oxygens (including phenoxy) is 3. The average Bonchev–Trinajstić information content (AvgIpc) is 2.84. The third-order valence-corrected chi connectivity index (χ3v) is 5.45. The Hall–Kier alpha value is -2.84. The third kappa shape index (κ3) is 6.58. The number of morpholine rings is 1. The molecule has 1 unspecified atom stereocenters. The highest BCUT2D eigenvalue weighted by Crippen LogP contribution is 2.25. The first kappa shape index (κ1) is 23.8. The Bertz CT molecular complexity index is 870. The van der Waals surface area contributed by atoms with Crippen LogP contribution in [-0.4, -0.2) is 64.5 Å². The molecular weight excluding hydrogens is 411 g/mol. The van der Waals surface area contributed by atoms with Crippen LogP contribution in [-0.2, 0) is 11.3 Å². The summed E-state index contributed by atoms with van der Waals surface area (Å²) in [5.41, 5.74) is 2.03. The van der Waals surface area contributed by atoms with Crippen LogP contribution >= 0.6 is 0 Å². The van der Waals surface area contributed by atoms with Gasteiger partial charge in [0.25, 0.3) is 0 Å². The van der Waals surface area contributed by atoms with Gasteiger partial charge in [-0.25, -0.2) is 9.38 Å². The normalized spacial score (nSPS) is 15.8. The summed E-state index contributed by atoms with van der Waals surface area (Å²) in [5.74, 6) is 1.96. The molecule has 1 heterocycles. The first-order valence-electron chi connectivity index (χ1n) is 10.9. The lowest BCUT2D eigenvalue weighted by molar-refractivity contribution is 0.0170. The van der Waals surface area contributed by atoms with Gasteiger partial charge in [0.05, 0.1) is 40.0 Å². The molecule has 1 fully saturated rings. The molecule has 0 bridgehead atoms. The Kier molecular flexibility index (Phi) is 9.13. The van der Waals surface area contributed by atoms with Crippen molar-refractivity contribution in [1.29, 1.82) is 0 Å². The van der Waals surface area contributed by atoms with Gasteiger partial charge in [0, 0.05) is 37.8 Å². The van der Waals surface area contributed by atoms with E-state index < -0.39 is 0 Å². The van der Waals surface area contributed by atoms with Gasteiger partial charge in [-0.2, -0.15) is 0 Å². The first-order valence-corrected chi connectivity index (χ1v) is 10.9. The topological polar surface area (TPSA) is 67.4 Å². The van der Waals surface area contributed by atoms with Crippen molar-refractivity contribution >= 4 is 5.96 Å². The van der Waals surface area contributed by atoms with E-state index >= 15 is 0 Å². The number of nitrogens with one attached hydrogen (secondary N) is 2. The van der Waals surface area contributed by atoms with Crippen LogP contribution in [0.15, 0.2) is 47.5 Å². The van der Waals surface area contributed by atoms with E-state index in [4.69, 9.17) is 19.2 Å². The van der Waals surface area contributed by atoms with Crippen molar-refractivity contribution in [2.24, 2.45) is 4.99 Å². The molecule has 7 nitrogen and oxygen atoms in total. The van der Waals surface area contributed by atoms with Gasteiger partial charge in [-0.1, -0.05) is 12.1 Å². The minimum Gasteiger partial charge on any atom is -0.497 e. The van der Waals surface area contributed by atoms with Crippen LogP contribution in [0.25, 0.3) is 0 Å². The maximum Gasteiger partial charge on any atom is 0.191 e. The second-order valence-electron chi connectivity index (χ2n) is 7.47. The molecule has 0 amide bonds. The minimum atomic E-state index is -0.231. The lowest BCUT2D eigenvalue weighted by Gasteiger charge is -2.35. The van der Waals surface area contributed by atoms with Gasteiger partial charge < -0.3 is 24.8 Å². The Morgan fingerprint density at radius 2 is 1.84 bits per heavy atom. The number of rotatable bonds is 9. The summed E-state index contributed by atoms with van der Waals surface area (Å²) in [6.07, 6.45) is 0. The smallest absolute Gasteiger partial charge is 0.191 e. The van der Waals surface area contributed by atoms with Crippen LogP contribution in [0.2, 0.25) is 0 Å². The molecule has 8 heteroatoms. The van der Waals surface area contributed by atoms with E-state index in [9.17, 15) is 4.39 Å². The highest BCUT2D eigenvalue weighted by Gasteiger charge is 2.23. The Labute approximate surface area is 189 Å². The predicted octanol–water partition coefficient (Wildman–Crippen LogP) is 2.97. The summed E-state index contributed by atoms with van der Waals surface area (Å²) >= 11 is 0. The second-order valence-corrected chi connectivity index (χ2v) is 7.47. The van der Waals surface area contributed by atoms with Crippen LogP contribution in [0.3, 0.4) is 0 Å². The quantitative estimate of drug-likeness (QED) is 0.458. The number of benzene rings is 2. The van der Waals surface area contributed by atoms with E-state index in [0.29, 0.717) is 32.3 Å². The second kappa shape index (κ2) is 12.3. The van der Waals surface area contributed by atoms with E-state index in [1.807, 2.05) is 37.3 Å². The molecule has 0 spiro atoms. The number of nitrogens with zero attached hydrogens (tertiary/aromatic N) is 2. The summed E-state index contributed by atoms with van der Waals surface area (Å²) in [5, 5.41) is 6.76. The van der Waals surface area contributed by atoms with Gasteiger partial charge in [-0.15, -0.1) is 0 Å². The van der Waals surface area contributed by atoms with E-state index in [0.717, 1.165) is 42.3 Å². The maximum atomic E-state index is 13.5. The molecule has 3 rings (SSSR count). The van der Waals surface area contributed by atoms with Crippen LogP contribution in [0.4, 0.5) is 4.39 Å². The third-order valence-electron chi connectivity index (χ3n) is 5.45. The number of aliphatic imine (C=N–C) groups is 1. The molecule has 1 aliphatic heterocycles. The molecule has 0 aliphatic carbocycles. The standard InChI is InChI=1S/C24H33FN4O3/c1-4-26-24(27-16-19-7-10-21(30-2)15-23(19)31-3)28-17-22(29-11-13-32-14-12-29)18-5-8-20(25)9-6-18/h5-10,15,22H,4,11-14,16-17H2,1-3H3,(H2,26,27,28). The highest BCUT2D eigenvalue weighted by atomic mass is 19.1. The van der Waals surface area contributed by atoms with Crippen molar-refractivity contribution in [1.82, 2.24) is 15.5 Å². The molecule has 2 N–H and O–H groups in total. The molecule has 0 aromatic heterocycles. The molecule has 0 saturated carbocycles. The predicted molar refractivity (Wildman–Crippen MR) is 124 cm³/mol. The van der Waals surface area contributed by atoms with Gasteiger partial charge in [-0.05, 0) is 36.8 Å².